The van der Waals surface area contributed by atoms with Crippen LogP contribution in [0, 0.1) is 5.41 Å². The van der Waals surface area contributed by atoms with Crippen LogP contribution in [0.2, 0.25) is 0 Å². The summed E-state index contributed by atoms with van der Waals surface area (Å²) in [4.78, 5) is 9.06. The summed E-state index contributed by atoms with van der Waals surface area (Å²) in [7, 11) is 0. The van der Waals surface area contributed by atoms with Gasteiger partial charge in [-0.05, 0) is 40.6 Å². The van der Waals surface area contributed by atoms with E-state index in [4.69, 9.17) is 5.73 Å². The van der Waals surface area contributed by atoms with Gasteiger partial charge < -0.3 is 5.73 Å². The lowest BCUT2D eigenvalue weighted by atomic mass is 10.0. The second-order valence-electron chi connectivity index (χ2n) is 5.73. The summed E-state index contributed by atoms with van der Waals surface area (Å²) in [6.07, 6.45) is 5.31. The van der Waals surface area contributed by atoms with Crippen molar-refractivity contribution in [3.63, 3.8) is 0 Å². The lowest BCUT2D eigenvalue weighted by Crippen LogP contribution is -2.28. The van der Waals surface area contributed by atoms with Crippen molar-refractivity contribution in [3.8, 4) is 0 Å². The molecule has 0 saturated heterocycles. The summed E-state index contributed by atoms with van der Waals surface area (Å²) in [6, 6.07) is 0. The fourth-order valence-electron chi connectivity index (χ4n) is 2.29. The van der Waals surface area contributed by atoms with E-state index in [0.29, 0.717) is 5.92 Å². The highest BCUT2D eigenvalue weighted by Crippen LogP contribution is 2.61. The Morgan fingerprint density at radius 2 is 2.06 bits per heavy atom. The normalized spacial score (nSPS) is 31.5. The second-order valence-corrected chi connectivity index (χ2v) is 6.59. The average molecular weight is 282 g/mol. The molecule has 0 amide bonds. The van der Waals surface area contributed by atoms with Crippen LogP contribution in [0.3, 0.4) is 0 Å². The van der Waals surface area contributed by atoms with Crippen LogP contribution < -0.4 is 5.73 Å². The lowest BCUT2D eigenvalue weighted by molar-refractivity contribution is 0.495. The Balaban J connectivity index is 2.03. The third kappa shape index (κ3) is 1.43. The molecule has 2 fully saturated rings. The highest BCUT2D eigenvalue weighted by atomic mass is 79.9. The summed E-state index contributed by atoms with van der Waals surface area (Å²) in [5, 5.41) is 0. The molecule has 1 unspecified atom stereocenters. The van der Waals surface area contributed by atoms with E-state index in [-0.39, 0.29) is 11.0 Å². The molecule has 4 heteroatoms. The van der Waals surface area contributed by atoms with Crippen molar-refractivity contribution in [2.24, 2.45) is 11.1 Å². The van der Waals surface area contributed by atoms with Gasteiger partial charge in [-0.15, -0.1) is 0 Å². The van der Waals surface area contributed by atoms with Gasteiger partial charge in [-0.2, -0.15) is 0 Å². The van der Waals surface area contributed by atoms with Gasteiger partial charge in [0.2, 0.25) is 0 Å². The van der Waals surface area contributed by atoms with E-state index in [1.54, 1.807) is 0 Å². The van der Waals surface area contributed by atoms with Gasteiger partial charge in [0, 0.05) is 12.1 Å². The summed E-state index contributed by atoms with van der Waals surface area (Å²) in [5.41, 5.74) is 7.30. The Morgan fingerprint density at radius 3 is 2.56 bits per heavy atom. The molecule has 2 N–H and O–H groups in total. The smallest absolute Gasteiger partial charge is 0.131 e. The number of nitrogens with zero attached hydrogens (tertiary/aromatic N) is 2. The zero-order chi connectivity index (χ0) is 11.6. The zero-order valence-electron chi connectivity index (χ0n) is 9.63. The van der Waals surface area contributed by atoms with E-state index in [9.17, 15) is 0 Å². The van der Waals surface area contributed by atoms with Crippen LogP contribution in [0.4, 0.5) is 0 Å². The first-order valence-electron chi connectivity index (χ1n) is 5.76. The fourth-order valence-corrected chi connectivity index (χ4v) is 2.83. The molecule has 3 rings (SSSR count). The molecule has 1 aromatic heterocycles. The van der Waals surface area contributed by atoms with Crippen molar-refractivity contribution < 1.29 is 0 Å². The minimum Gasteiger partial charge on any atom is -0.320 e. The predicted molar refractivity (Wildman–Crippen MR) is 66.0 cm³/mol. The molecule has 86 valence electrons. The monoisotopic (exact) mass is 281 g/mol. The van der Waals surface area contributed by atoms with Gasteiger partial charge >= 0.3 is 0 Å². The molecule has 2 saturated carbocycles. The van der Waals surface area contributed by atoms with Crippen molar-refractivity contribution >= 4 is 15.9 Å². The lowest BCUT2D eigenvalue weighted by Gasteiger charge is -2.16. The summed E-state index contributed by atoms with van der Waals surface area (Å²) in [6.45, 7) is 4.39. The highest BCUT2D eigenvalue weighted by molar-refractivity contribution is 9.10. The summed E-state index contributed by atoms with van der Waals surface area (Å²) >= 11 is 3.52. The minimum absolute atomic E-state index is 0.157. The predicted octanol–water partition coefficient (Wildman–Crippen LogP) is 2.70. The highest BCUT2D eigenvalue weighted by Gasteiger charge is 2.61. The van der Waals surface area contributed by atoms with Gasteiger partial charge in [-0.25, -0.2) is 9.97 Å². The van der Waals surface area contributed by atoms with E-state index in [2.05, 4.69) is 39.7 Å². The average Bonchev–Trinajstić information content (AvgIpc) is 3.06. The van der Waals surface area contributed by atoms with Crippen molar-refractivity contribution in [2.45, 2.75) is 44.6 Å². The zero-order valence-corrected chi connectivity index (χ0v) is 11.2. The van der Waals surface area contributed by atoms with Crippen molar-refractivity contribution in [1.29, 1.82) is 0 Å². The van der Waals surface area contributed by atoms with Gasteiger partial charge in [0.1, 0.15) is 5.82 Å². The van der Waals surface area contributed by atoms with Gasteiger partial charge in [0.15, 0.2) is 0 Å². The quantitative estimate of drug-likeness (QED) is 0.907. The maximum absolute atomic E-state index is 6.42. The third-order valence-electron chi connectivity index (χ3n) is 3.93. The first-order valence-corrected chi connectivity index (χ1v) is 6.55. The van der Waals surface area contributed by atoms with E-state index in [0.717, 1.165) is 22.4 Å². The number of hydrogen-bond acceptors (Lipinski definition) is 3. The van der Waals surface area contributed by atoms with E-state index in [1.165, 1.54) is 12.8 Å². The Kier molecular flexibility index (Phi) is 2.03. The molecule has 16 heavy (non-hydrogen) atoms. The van der Waals surface area contributed by atoms with Crippen molar-refractivity contribution in [1.82, 2.24) is 9.97 Å². The van der Waals surface area contributed by atoms with Crippen molar-refractivity contribution in [2.75, 3.05) is 0 Å². The minimum atomic E-state index is -0.265. The molecular weight excluding hydrogens is 266 g/mol. The second kappa shape index (κ2) is 3.05. The molecule has 0 aromatic carbocycles. The molecule has 2 aliphatic rings. The van der Waals surface area contributed by atoms with E-state index in [1.807, 2.05) is 6.20 Å². The molecule has 0 radical (unpaired) electrons. The number of aromatic nitrogens is 2. The molecule has 0 spiro atoms. The van der Waals surface area contributed by atoms with Crippen LogP contribution in [0.15, 0.2) is 10.7 Å². The largest absolute Gasteiger partial charge is 0.320 e. The molecule has 0 aliphatic heterocycles. The van der Waals surface area contributed by atoms with Crippen LogP contribution in [-0.2, 0) is 5.54 Å². The maximum atomic E-state index is 6.42. The number of hydrogen-bond donors (Lipinski definition) is 1. The Labute approximate surface area is 104 Å². The topological polar surface area (TPSA) is 51.8 Å². The first-order chi connectivity index (χ1) is 7.44. The SMILES string of the molecule is CC1(C)CC1(N)c1nc(C2CC2)ncc1Br. The molecule has 1 heterocycles. The van der Waals surface area contributed by atoms with Crippen LogP contribution in [0.5, 0.6) is 0 Å². The third-order valence-corrected chi connectivity index (χ3v) is 4.51. The first kappa shape index (κ1) is 10.7. The maximum Gasteiger partial charge on any atom is 0.131 e. The van der Waals surface area contributed by atoms with Crippen LogP contribution in [-0.4, -0.2) is 9.97 Å². The Morgan fingerprint density at radius 1 is 1.44 bits per heavy atom. The standard InChI is InChI=1S/C12H16BrN3/c1-11(2)6-12(11,14)9-8(13)5-15-10(16-9)7-3-4-7/h5,7H,3-4,6,14H2,1-2H3. The van der Waals surface area contributed by atoms with E-state index >= 15 is 0 Å². The van der Waals surface area contributed by atoms with Gasteiger partial charge in [0.05, 0.1) is 15.7 Å². The summed E-state index contributed by atoms with van der Waals surface area (Å²) in [5.74, 6) is 1.56. The number of rotatable bonds is 2. The van der Waals surface area contributed by atoms with Crippen LogP contribution >= 0.6 is 15.9 Å². The molecule has 1 atom stereocenters. The van der Waals surface area contributed by atoms with Crippen LogP contribution in [0.25, 0.3) is 0 Å². The van der Waals surface area contributed by atoms with Gasteiger partial charge in [-0.3, -0.25) is 0 Å². The molecule has 0 bridgehead atoms. The molecule has 2 aliphatic carbocycles. The van der Waals surface area contributed by atoms with Gasteiger partial charge in [0.25, 0.3) is 0 Å². The van der Waals surface area contributed by atoms with Crippen LogP contribution in [0.1, 0.15) is 50.5 Å². The Hall–Kier alpha value is -0.480. The fraction of sp³-hybridized carbons (Fsp3) is 0.667. The number of nitrogens with two attached hydrogens (primary N) is 1. The molecule has 3 nitrogen and oxygen atoms in total. The molecular formula is C12H16BrN3. The van der Waals surface area contributed by atoms with E-state index < -0.39 is 0 Å². The Bertz CT molecular complexity index is 454. The van der Waals surface area contributed by atoms with Crippen molar-refractivity contribution in [3.05, 3.63) is 22.2 Å². The summed E-state index contributed by atoms with van der Waals surface area (Å²) < 4.78 is 0.949. The van der Waals surface area contributed by atoms with Gasteiger partial charge in [-0.1, -0.05) is 13.8 Å². The number of halogens is 1. The molecule has 1 aromatic rings.